The third-order valence-electron chi connectivity index (χ3n) is 2.72. The second kappa shape index (κ2) is 5.36. The Balaban J connectivity index is 2.08. The van der Waals surface area contributed by atoms with E-state index in [9.17, 15) is 9.18 Å². The van der Waals surface area contributed by atoms with Gasteiger partial charge in [-0.05, 0) is 26.0 Å². The lowest BCUT2D eigenvalue weighted by molar-refractivity contribution is 0.0950. The molecular formula is C13H14FN3OS. The fourth-order valence-electron chi connectivity index (χ4n) is 1.57. The zero-order valence-electron chi connectivity index (χ0n) is 10.7. The van der Waals surface area contributed by atoms with Crippen molar-refractivity contribution in [2.45, 2.75) is 20.4 Å². The molecule has 3 N–H and O–H groups in total. The van der Waals surface area contributed by atoms with Gasteiger partial charge in [0.1, 0.15) is 10.8 Å². The number of rotatable bonds is 3. The molecule has 100 valence electrons. The van der Waals surface area contributed by atoms with Crippen LogP contribution in [0.25, 0.3) is 0 Å². The maximum absolute atomic E-state index is 13.5. The van der Waals surface area contributed by atoms with Crippen LogP contribution in [0.3, 0.4) is 0 Å². The van der Waals surface area contributed by atoms with Crippen molar-refractivity contribution < 1.29 is 9.18 Å². The standard InChI is InChI=1S/C13H14FN3OS/c1-7-5-16-12(19-7)6-17-13(18)9-3-10(14)8(2)11(15)4-9/h3-5H,6,15H2,1-2H3,(H,17,18). The van der Waals surface area contributed by atoms with E-state index in [2.05, 4.69) is 10.3 Å². The number of thiazole rings is 1. The van der Waals surface area contributed by atoms with Crippen molar-refractivity contribution in [2.24, 2.45) is 0 Å². The molecule has 19 heavy (non-hydrogen) atoms. The molecule has 0 atom stereocenters. The molecule has 0 spiro atoms. The van der Waals surface area contributed by atoms with Gasteiger partial charge in [-0.3, -0.25) is 4.79 Å². The fourth-order valence-corrected chi connectivity index (χ4v) is 2.30. The van der Waals surface area contributed by atoms with Gasteiger partial charge in [0.25, 0.3) is 5.91 Å². The molecule has 0 aliphatic rings. The van der Waals surface area contributed by atoms with Crippen LogP contribution < -0.4 is 11.1 Å². The Labute approximate surface area is 114 Å². The van der Waals surface area contributed by atoms with Crippen LogP contribution in [0.2, 0.25) is 0 Å². The van der Waals surface area contributed by atoms with Crippen LogP contribution in [0.4, 0.5) is 10.1 Å². The number of hydrogen-bond acceptors (Lipinski definition) is 4. The number of hydrogen-bond donors (Lipinski definition) is 2. The molecule has 0 aliphatic heterocycles. The van der Waals surface area contributed by atoms with Crippen LogP contribution in [0, 0.1) is 19.7 Å². The molecule has 1 aromatic carbocycles. The average Bonchev–Trinajstić information content (AvgIpc) is 2.78. The maximum Gasteiger partial charge on any atom is 0.251 e. The Morgan fingerprint density at radius 1 is 1.47 bits per heavy atom. The zero-order valence-corrected chi connectivity index (χ0v) is 11.5. The van der Waals surface area contributed by atoms with E-state index in [1.807, 2.05) is 6.92 Å². The van der Waals surface area contributed by atoms with E-state index >= 15 is 0 Å². The van der Waals surface area contributed by atoms with Crippen LogP contribution in [0.15, 0.2) is 18.3 Å². The van der Waals surface area contributed by atoms with Gasteiger partial charge < -0.3 is 11.1 Å². The third kappa shape index (κ3) is 3.08. The lowest BCUT2D eigenvalue weighted by atomic mass is 10.1. The van der Waals surface area contributed by atoms with Crippen molar-refractivity contribution >= 4 is 22.9 Å². The number of anilines is 1. The van der Waals surface area contributed by atoms with E-state index in [0.29, 0.717) is 12.1 Å². The highest BCUT2D eigenvalue weighted by Gasteiger charge is 2.11. The van der Waals surface area contributed by atoms with Crippen molar-refractivity contribution in [1.29, 1.82) is 0 Å². The van der Waals surface area contributed by atoms with Crippen molar-refractivity contribution in [1.82, 2.24) is 10.3 Å². The van der Waals surface area contributed by atoms with Crippen LogP contribution in [0.5, 0.6) is 0 Å². The number of nitrogens with one attached hydrogen (secondary N) is 1. The van der Waals surface area contributed by atoms with Crippen LogP contribution in [-0.4, -0.2) is 10.9 Å². The number of aromatic nitrogens is 1. The van der Waals surface area contributed by atoms with E-state index in [0.717, 1.165) is 9.88 Å². The van der Waals surface area contributed by atoms with Gasteiger partial charge >= 0.3 is 0 Å². The minimum Gasteiger partial charge on any atom is -0.398 e. The first-order valence-corrected chi connectivity index (χ1v) is 6.54. The van der Waals surface area contributed by atoms with Gasteiger partial charge in [0, 0.05) is 27.9 Å². The molecule has 0 saturated heterocycles. The summed E-state index contributed by atoms with van der Waals surface area (Å²) in [5.74, 6) is -0.839. The van der Waals surface area contributed by atoms with Crippen molar-refractivity contribution in [3.63, 3.8) is 0 Å². The molecule has 2 aromatic rings. The largest absolute Gasteiger partial charge is 0.398 e. The maximum atomic E-state index is 13.5. The number of carbonyl (C=O) groups is 1. The molecule has 4 nitrogen and oxygen atoms in total. The lowest BCUT2D eigenvalue weighted by Crippen LogP contribution is -2.23. The number of carbonyl (C=O) groups excluding carboxylic acids is 1. The molecule has 2 rings (SSSR count). The Morgan fingerprint density at radius 3 is 2.79 bits per heavy atom. The molecule has 1 aromatic heterocycles. The lowest BCUT2D eigenvalue weighted by Gasteiger charge is -2.07. The normalized spacial score (nSPS) is 10.5. The highest BCUT2D eigenvalue weighted by molar-refractivity contribution is 7.11. The summed E-state index contributed by atoms with van der Waals surface area (Å²) in [6, 6.07) is 2.66. The zero-order chi connectivity index (χ0) is 14.0. The summed E-state index contributed by atoms with van der Waals surface area (Å²) in [6.45, 7) is 3.84. The summed E-state index contributed by atoms with van der Waals surface area (Å²) in [4.78, 5) is 17.1. The molecule has 6 heteroatoms. The summed E-state index contributed by atoms with van der Waals surface area (Å²) < 4.78 is 13.5. The van der Waals surface area contributed by atoms with Gasteiger partial charge in [0.2, 0.25) is 0 Å². The quantitative estimate of drug-likeness (QED) is 0.848. The van der Waals surface area contributed by atoms with E-state index in [4.69, 9.17) is 5.73 Å². The Morgan fingerprint density at radius 2 is 2.21 bits per heavy atom. The number of amides is 1. The SMILES string of the molecule is Cc1cnc(CNC(=O)c2cc(N)c(C)c(F)c2)s1. The molecular weight excluding hydrogens is 265 g/mol. The van der Waals surface area contributed by atoms with Crippen molar-refractivity contribution in [3.8, 4) is 0 Å². The minimum atomic E-state index is -0.477. The number of benzene rings is 1. The fraction of sp³-hybridized carbons (Fsp3) is 0.231. The summed E-state index contributed by atoms with van der Waals surface area (Å²) in [5.41, 5.74) is 6.48. The molecule has 1 amide bonds. The highest BCUT2D eigenvalue weighted by Crippen LogP contribution is 2.17. The number of halogens is 1. The molecule has 0 fully saturated rings. The Hall–Kier alpha value is -1.95. The Kier molecular flexibility index (Phi) is 3.80. The molecule has 0 bridgehead atoms. The van der Waals surface area contributed by atoms with E-state index in [-0.39, 0.29) is 17.2 Å². The summed E-state index contributed by atoms with van der Waals surface area (Å²) in [7, 11) is 0. The first kappa shape index (κ1) is 13.5. The predicted octanol–water partition coefficient (Wildman–Crippen LogP) is 2.41. The average molecular weight is 279 g/mol. The van der Waals surface area contributed by atoms with Gasteiger partial charge in [0.15, 0.2) is 0 Å². The van der Waals surface area contributed by atoms with Crippen LogP contribution in [0.1, 0.15) is 25.8 Å². The van der Waals surface area contributed by atoms with Gasteiger partial charge in [-0.15, -0.1) is 11.3 Å². The topological polar surface area (TPSA) is 68.0 Å². The second-order valence-electron chi connectivity index (χ2n) is 4.22. The number of nitrogens with zero attached hydrogens (tertiary/aromatic N) is 1. The summed E-state index contributed by atoms with van der Waals surface area (Å²) in [5, 5.41) is 3.50. The van der Waals surface area contributed by atoms with Crippen LogP contribution in [-0.2, 0) is 6.54 Å². The monoisotopic (exact) mass is 279 g/mol. The van der Waals surface area contributed by atoms with Crippen LogP contribution >= 0.6 is 11.3 Å². The van der Waals surface area contributed by atoms with E-state index < -0.39 is 5.82 Å². The number of nitrogen functional groups attached to an aromatic ring is 1. The van der Waals surface area contributed by atoms with Gasteiger partial charge in [-0.1, -0.05) is 0 Å². The number of aryl methyl sites for hydroxylation is 1. The Bertz CT molecular complexity index is 601. The summed E-state index contributed by atoms with van der Waals surface area (Å²) >= 11 is 1.51. The van der Waals surface area contributed by atoms with Crippen molar-refractivity contribution in [2.75, 3.05) is 5.73 Å². The minimum absolute atomic E-state index is 0.217. The van der Waals surface area contributed by atoms with E-state index in [1.54, 1.807) is 13.1 Å². The molecule has 0 radical (unpaired) electrons. The smallest absolute Gasteiger partial charge is 0.251 e. The van der Waals surface area contributed by atoms with Gasteiger partial charge in [-0.25, -0.2) is 9.37 Å². The van der Waals surface area contributed by atoms with Gasteiger partial charge in [0.05, 0.1) is 6.54 Å². The number of nitrogens with two attached hydrogens (primary N) is 1. The molecule has 0 unspecified atom stereocenters. The van der Waals surface area contributed by atoms with Gasteiger partial charge in [-0.2, -0.15) is 0 Å². The van der Waals surface area contributed by atoms with E-state index in [1.165, 1.54) is 23.5 Å². The molecule has 0 saturated carbocycles. The summed E-state index contributed by atoms with van der Waals surface area (Å²) in [6.07, 6.45) is 1.75. The first-order valence-electron chi connectivity index (χ1n) is 5.72. The second-order valence-corrected chi connectivity index (χ2v) is 5.54. The van der Waals surface area contributed by atoms with Crippen molar-refractivity contribution in [3.05, 3.63) is 45.2 Å². The third-order valence-corrected chi connectivity index (χ3v) is 3.63. The molecule has 0 aliphatic carbocycles. The first-order chi connectivity index (χ1) is 8.97. The predicted molar refractivity (Wildman–Crippen MR) is 73.6 cm³/mol. The molecule has 1 heterocycles. The highest BCUT2D eigenvalue weighted by atomic mass is 32.1.